The Labute approximate surface area is 199 Å². The molecule has 0 saturated carbocycles. The van der Waals surface area contributed by atoms with Crippen molar-refractivity contribution in [2.45, 2.75) is 19.4 Å². The fraction of sp³-hybridized carbons (Fsp3) is 0.320. The van der Waals surface area contributed by atoms with E-state index in [-0.39, 0.29) is 6.67 Å². The third-order valence-corrected chi connectivity index (χ3v) is 7.78. The average molecular weight is 478 g/mol. The molecule has 0 atom stereocenters. The summed E-state index contributed by atoms with van der Waals surface area (Å²) in [4.78, 5) is 32.3. The molecule has 6 rings (SSSR count). The first-order valence-corrected chi connectivity index (χ1v) is 12.4. The summed E-state index contributed by atoms with van der Waals surface area (Å²) in [5, 5.41) is 11.1. The molecule has 0 radical (unpaired) electrons. The molecule has 34 heavy (non-hydrogen) atoms. The van der Waals surface area contributed by atoms with E-state index in [0.29, 0.717) is 34.9 Å². The van der Waals surface area contributed by atoms with Gasteiger partial charge in [0.1, 0.15) is 17.2 Å². The van der Waals surface area contributed by atoms with E-state index in [2.05, 4.69) is 15.2 Å². The molecule has 1 saturated heterocycles. The highest BCUT2D eigenvalue weighted by atomic mass is 32.1. The Kier molecular flexibility index (Phi) is 5.30. The van der Waals surface area contributed by atoms with Crippen LogP contribution in [-0.4, -0.2) is 57.8 Å². The van der Waals surface area contributed by atoms with Crippen LogP contribution in [-0.2, 0) is 16.1 Å². The second kappa shape index (κ2) is 8.48. The van der Waals surface area contributed by atoms with Crippen molar-refractivity contribution in [3.63, 3.8) is 0 Å². The molecule has 2 aliphatic rings. The minimum Gasteiger partial charge on any atom is -0.352 e. The lowest BCUT2D eigenvalue weighted by atomic mass is 9.97. The third kappa shape index (κ3) is 3.47. The molecule has 1 fully saturated rings. The molecular formula is C25H24FN5O2S. The molecule has 0 aliphatic carbocycles. The van der Waals surface area contributed by atoms with Gasteiger partial charge in [0.25, 0.3) is 11.8 Å². The van der Waals surface area contributed by atoms with Crippen molar-refractivity contribution < 1.29 is 14.0 Å². The number of nitrogens with zero attached hydrogens (tertiary/aromatic N) is 3. The molecule has 2 amide bonds. The Balaban J connectivity index is 1.42. The summed E-state index contributed by atoms with van der Waals surface area (Å²) in [5.41, 5.74) is 2.88. The van der Waals surface area contributed by atoms with Crippen LogP contribution in [0.5, 0.6) is 0 Å². The van der Waals surface area contributed by atoms with Crippen LogP contribution < -0.4 is 5.32 Å². The number of likely N-dealkylation sites (tertiary alicyclic amines) is 1. The number of nitrogens with one attached hydrogen (secondary N) is 2. The minimum absolute atomic E-state index is 0.311. The number of rotatable bonds is 6. The molecule has 174 valence electrons. The van der Waals surface area contributed by atoms with Crippen LogP contribution in [0.3, 0.4) is 0 Å². The monoisotopic (exact) mass is 477 g/mol. The quantitative estimate of drug-likeness (QED) is 0.414. The van der Waals surface area contributed by atoms with Crippen molar-refractivity contribution in [3.05, 3.63) is 53.2 Å². The summed E-state index contributed by atoms with van der Waals surface area (Å²) >= 11 is 1.56. The smallest absolute Gasteiger partial charge is 0.261 e. The maximum Gasteiger partial charge on any atom is 0.261 e. The van der Waals surface area contributed by atoms with Gasteiger partial charge in [0.2, 0.25) is 0 Å². The largest absolute Gasteiger partial charge is 0.352 e. The van der Waals surface area contributed by atoms with E-state index in [9.17, 15) is 14.0 Å². The van der Waals surface area contributed by atoms with Crippen LogP contribution in [0.25, 0.3) is 32.3 Å². The zero-order chi connectivity index (χ0) is 23.2. The molecule has 5 heterocycles. The Morgan fingerprint density at radius 2 is 1.85 bits per heavy atom. The van der Waals surface area contributed by atoms with Gasteiger partial charge in [-0.2, -0.15) is 5.10 Å². The van der Waals surface area contributed by atoms with Gasteiger partial charge >= 0.3 is 0 Å². The lowest BCUT2D eigenvalue weighted by molar-refractivity contribution is -0.122. The SMILES string of the molecule is O=C1NC(=O)C(c2nn(CC3CCN(CCF)CC3)c3ccccc23)=C1c1c[nH]c2sccc12. The summed E-state index contributed by atoms with van der Waals surface area (Å²) in [7, 11) is 0. The number of hydrogen-bond donors (Lipinski definition) is 2. The number of hydrogen-bond acceptors (Lipinski definition) is 5. The number of aromatic amines is 1. The van der Waals surface area contributed by atoms with Gasteiger partial charge in [0, 0.05) is 35.6 Å². The maximum atomic E-state index is 13.0. The molecule has 0 bridgehead atoms. The predicted octanol–water partition coefficient (Wildman–Crippen LogP) is 3.83. The lowest BCUT2D eigenvalue weighted by Gasteiger charge is -2.31. The molecule has 7 nitrogen and oxygen atoms in total. The Morgan fingerprint density at radius 3 is 2.68 bits per heavy atom. The maximum absolute atomic E-state index is 13.0. The summed E-state index contributed by atoms with van der Waals surface area (Å²) in [6.45, 7) is 2.68. The fourth-order valence-corrected chi connectivity index (χ4v) is 5.97. The summed E-state index contributed by atoms with van der Waals surface area (Å²) in [6, 6.07) is 9.81. The number of alkyl halides is 1. The van der Waals surface area contributed by atoms with Crippen molar-refractivity contribution in [2.75, 3.05) is 26.3 Å². The van der Waals surface area contributed by atoms with Crippen molar-refractivity contribution >= 4 is 55.4 Å². The number of carbonyl (C=O) groups is 2. The van der Waals surface area contributed by atoms with E-state index in [1.165, 1.54) is 0 Å². The summed E-state index contributed by atoms with van der Waals surface area (Å²) in [5.74, 6) is -0.389. The summed E-state index contributed by atoms with van der Waals surface area (Å²) in [6.07, 6.45) is 3.75. The first-order chi connectivity index (χ1) is 16.6. The number of halogens is 1. The zero-order valence-electron chi connectivity index (χ0n) is 18.5. The zero-order valence-corrected chi connectivity index (χ0v) is 19.3. The minimum atomic E-state index is -0.417. The van der Waals surface area contributed by atoms with Gasteiger partial charge < -0.3 is 9.88 Å². The van der Waals surface area contributed by atoms with Crippen LogP contribution in [0, 0.1) is 5.92 Å². The molecule has 1 aromatic carbocycles. The van der Waals surface area contributed by atoms with Crippen molar-refractivity contribution in [1.29, 1.82) is 0 Å². The van der Waals surface area contributed by atoms with E-state index in [1.54, 1.807) is 17.5 Å². The second-order valence-electron chi connectivity index (χ2n) is 8.92. The van der Waals surface area contributed by atoms with Gasteiger partial charge in [0.15, 0.2) is 0 Å². The predicted molar refractivity (Wildman–Crippen MR) is 131 cm³/mol. The van der Waals surface area contributed by atoms with Gasteiger partial charge in [0.05, 0.1) is 16.7 Å². The Hall–Kier alpha value is -3.30. The highest BCUT2D eigenvalue weighted by Crippen LogP contribution is 2.38. The standard InChI is InChI=1S/C25H24FN5O2S/c26-8-11-30-9-5-15(6-10-30)14-31-19-4-2-1-3-17(19)22(29-31)21-20(23(32)28-24(21)33)18-13-27-25-16(18)7-12-34-25/h1-4,7,12-13,15,27H,5-6,8-11,14H2,(H,28,32,33). The number of fused-ring (bicyclic) bond motifs is 2. The van der Waals surface area contributed by atoms with Crippen LogP contribution in [0.15, 0.2) is 41.9 Å². The molecule has 9 heteroatoms. The average Bonchev–Trinajstić information content (AvgIpc) is 3.59. The van der Waals surface area contributed by atoms with Crippen molar-refractivity contribution in [3.8, 4) is 0 Å². The number of amides is 2. The van der Waals surface area contributed by atoms with Gasteiger partial charge in [-0.15, -0.1) is 11.3 Å². The van der Waals surface area contributed by atoms with Gasteiger partial charge in [-0.1, -0.05) is 18.2 Å². The van der Waals surface area contributed by atoms with E-state index < -0.39 is 11.8 Å². The molecule has 0 unspecified atom stereocenters. The lowest BCUT2D eigenvalue weighted by Crippen LogP contribution is -2.36. The van der Waals surface area contributed by atoms with Crippen molar-refractivity contribution in [2.24, 2.45) is 5.92 Å². The number of aromatic nitrogens is 3. The fourth-order valence-electron chi connectivity index (χ4n) is 5.20. The van der Waals surface area contributed by atoms with Gasteiger partial charge in [-0.25, -0.2) is 4.39 Å². The number of H-pyrrole nitrogens is 1. The molecule has 3 aromatic heterocycles. The third-order valence-electron chi connectivity index (χ3n) is 6.94. The van der Waals surface area contributed by atoms with Gasteiger partial charge in [-0.05, 0) is 49.4 Å². The number of carbonyl (C=O) groups excluding carboxylic acids is 2. The number of thiophene rings is 1. The topological polar surface area (TPSA) is 83.0 Å². The normalized spacial score (nSPS) is 18.0. The van der Waals surface area contributed by atoms with Crippen LogP contribution in [0.1, 0.15) is 24.1 Å². The van der Waals surface area contributed by atoms with E-state index in [0.717, 1.165) is 53.6 Å². The van der Waals surface area contributed by atoms with Gasteiger partial charge in [-0.3, -0.25) is 19.6 Å². The highest BCUT2D eigenvalue weighted by Gasteiger charge is 2.36. The first kappa shape index (κ1) is 21.2. The number of piperidine rings is 1. The number of benzene rings is 1. The van der Waals surface area contributed by atoms with Crippen molar-refractivity contribution in [1.82, 2.24) is 25.0 Å². The molecule has 4 aromatic rings. The van der Waals surface area contributed by atoms with E-state index in [1.807, 2.05) is 40.4 Å². The van der Waals surface area contributed by atoms with Crippen LogP contribution >= 0.6 is 11.3 Å². The first-order valence-electron chi connectivity index (χ1n) is 11.5. The second-order valence-corrected chi connectivity index (χ2v) is 9.84. The Bertz CT molecular complexity index is 1440. The molecule has 2 N–H and O–H groups in total. The summed E-state index contributed by atoms with van der Waals surface area (Å²) < 4.78 is 14.7. The molecule has 2 aliphatic heterocycles. The molecule has 0 spiro atoms. The highest BCUT2D eigenvalue weighted by molar-refractivity contribution is 7.16. The van der Waals surface area contributed by atoms with E-state index >= 15 is 0 Å². The van der Waals surface area contributed by atoms with E-state index in [4.69, 9.17) is 5.10 Å². The number of para-hydroxylation sites is 1. The Morgan fingerprint density at radius 1 is 1.06 bits per heavy atom. The van der Waals surface area contributed by atoms with Crippen LogP contribution in [0.4, 0.5) is 4.39 Å². The van der Waals surface area contributed by atoms with Crippen LogP contribution in [0.2, 0.25) is 0 Å². The number of imide groups is 1. The molecular weight excluding hydrogens is 453 g/mol.